The third-order valence-corrected chi connectivity index (χ3v) is 2.25. The predicted octanol–water partition coefficient (Wildman–Crippen LogP) is -0.943. The number of aryl methyl sites for hydroxylation is 1. The molecule has 0 aliphatic heterocycles. The summed E-state index contributed by atoms with van der Waals surface area (Å²) in [5.74, 6) is 0.873. The lowest BCUT2D eigenvalue weighted by Gasteiger charge is -2.05. The highest BCUT2D eigenvalue weighted by molar-refractivity contribution is 5.75. The number of ether oxygens (including phenoxy) is 1. The number of carbonyl (C=O) groups is 1. The van der Waals surface area contributed by atoms with E-state index in [2.05, 4.69) is 20.8 Å². The number of methoxy groups -OCH3 is 1. The van der Waals surface area contributed by atoms with E-state index in [1.165, 1.54) is 0 Å². The summed E-state index contributed by atoms with van der Waals surface area (Å²) in [6.45, 7) is 2.32. The first-order valence-electron chi connectivity index (χ1n) is 5.53. The average Bonchev–Trinajstić information content (AvgIpc) is 2.71. The van der Waals surface area contributed by atoms with Crippen LogP contribution in [-0.2, 0) is 23.1 Å². The molecule has 0 aliphatic rings. The van der Waals surface area contributed by atoms with Crippen LogP contribution in [0.15, 0.2) is 6.33 Å². The van der Waals surface area contributed by atoms with E-state index >= 15 is 0 Å². The number of nitrogens with zero attached hydrogens (tertiary/aromatic N) is 3. The Bertz CT molecular complexity index is 339. The maximum Gasteiger partial charge on any atom is 0.221 e. The van der Waals surface area contributed by atoms with E-state index in [-0.39, 0.29) is 5.91 Å². The fourth-order valence-electron chi connectivity index (χ4n) is 1.25. The maximum atomic E-state index is 11.3. The van der Waals surface area contributed by atoms with Crippen LogP contribution in [0.2, 0.25) is 0 Å². The summed E-state index contributed by atoms with van der Waals surface area (Å²) in [7, 11) is 3.49. The molecule has 0 radical (unpaired) electrons. The van der Waals surface area contributed by atoms with Crippen molar-refractivity contribution in [3.05, 3.63) is 12.2 Å². The molecule has 0 atom stereocenters. The van der Waals surface area contributed by atoms with Crippen LogP contribution < -0.4 is 10.6 Å². The summed E-state index contributed by atoms with van der Waals surface area (Å²) in [4.78, 5) is 11.3. The Kier molecular flexibility index (Phi) is 6.19. The lowest BCUT2D eigenvalue weighted by atomic mass is 10.4. The standard InChI is InChI=1S/C10H19N5O2/c1-15-8-13-14-9(15)7-11-4-3-10(16)12-5-6-17-2/h8,11H,3-7H2,1-2H3,(H,12,16). The largest absolute Gasteiger partial charge is 0.383 e. The number of carbonyl (C=O) groups excluding carboxylic acids is 1. The van der Waals surface area contributed by atoms with Crippen LogP contribution >= 0.6 is 0 Å². The number of hydrogen-bond donors (Lipinski definition) is 2. The predicted molar refractivity (Wildman–Crippen MR) is 62.2 cm³/mol. The van der Waals surface area contributed by atoms with Crippen LogP contribution in [0, 0.1) is 0 Å². The van der Waals surface area contributed by atoms with Gasteiger partial charge in [-0.2, -0.15) is 0 Å². The summed E-state index contributed by atoms with van der Waals surface area (Å²) in [5, 5.41) is 13.6. The summed E-state index contributed by atoms with van der Waals surface area (Å²) in [5.41, 5.74) is 0. The molecule has 0 aliphatic carbocycles. The quantitative estimate of drug-likeness (QED) is 0.574. The molecule has 1 aromatic heterocycles. The molecular weight excluding hydrogens is 222 g/mol. The van der Waals surface area contributed by atoms with Gasteiger partial charge >= 0.3 is 0 Å². The summed E-state index contributed by atoms with van der Waals surface area (Å²) in [6.07, 6.45) is 2.09. The minimum Gasteiger partial charge on any atom is -0.383 e. The normalized spacial score (nSPS) is 10.5. The van der Waals surface area contributed by atoms with E-state index in [0.717, 1.165) is 5.82 Å². The number of amides is 1. The van der Waals surface area contributed by atoms with Crippen LogP contribution in [0.25, 0.3) is 0 Å². The number of nitrogens with one attached hydrogen (secondary N) is 2. The molecule has 0 spiro atoms. The van der Waals surface area contributed by atoms with E-state index in [0.29, 0.717) is 32.7 Å². The Labute approximate surface area is 101 Å². The molecule has 0 fully saturated rings. The minimum atomic E-state index is 0.0208. The van der Waals surface area contributed by atoms with Crippen LogP contribution in [0.3, 0.4) is 0 Å². The molecule has 0 saturated carbocycles. The second-order valence-corrected chi connectivity index (χ2v) is 3.63. The zero-order valence-corrected chi connectivity index (χ0v) is 10.3. The Morgan fingerprint density at radius 2 is 2.35 bits per heavy atom. The molecule has 0 unspecified atom stereocenters. The Hall–Kier alpha value is -1.47. The molecular formula is C10H19N5O2. The van der Waals surface area contributed by atoms with Gasteiger partial charge in [0.25, 0.3) is 0 Å². The van der Waals surface area contributed by atoms with Gasteiger partial charge in [0.15, 0.2) is 0 Å². The summed E-state index contributed by atoms with van der Waals surface area (Å²) in [6, 6.07) is 0. The molecule has 0 saturated heterocycles. The van der Waals surface area contributed by atoms with Gasteiger partial charge in [0.1, 0.15) is 12.2 Å². The SMILES string of the molecule is COCCNC(=O)CCNCc1nncn1C. The average molecular weight is 241 g/mol. The van der Waals surface area contributed by atoms with Crippen molar-refractivity contribution in [1.82, 2.24) is 25.4 Å². The Morgan fingerprint density at radius 3 is 3.00 bits per heavy atom. The van der Waals surface area contributed by atoms with Crippen LogP contribution in [0.5, 0.6) is 0 Å². The molecule has 1 amide bonds. The molecule has 0 bridgehead atoms. The van der Waals surface area contributed by atoms with Crippen LogP contribution in [0.1, 0.15) is 12.2 Å². The van der Waals surface area contributed by atoms with Crippen LogP contribution in [-0.4, -0.2) is 47.5 Å². The highest BCUT2D eigenvalue weighted by Crippen LogP contribution is 1.89. The molecule has 17 heavy (non-hydrogen) atoms. The van der Waals surface area contributed by atoms with Gasteiger partial charge in [-0.1, -0.05) is 0 Å². The number of aromatic nitrogens is 3. The van der Waals surface area contributed by atoms with Gasteiger partial charge in [0.2, 0.25) is 5.91 Å². The van der Waals surface area contributed by atoms with Crippen molar-refractivity contribution in [2.45, 2.75) is 13.0 Å². The minimum absolute atomic E-state index is 0.0208. The zero-order chi connectivity index (χ0) is 12.5. The second kappa shape index (κ2) is 7.75. The van der Waals surface area contributed by atoms with Crippen molar-refractivity contribution in [2.24, 2.45) is 7.05 Å². The highest BCUT2D eigenvalue weighted by atomic mass is 16.5. The topological polar surface area (TPSA) is 81.1 Å². The lowest BCUT2D eigenvalue weighted by molar-refractivity contribution is -0.121. The second-order valence-electron chi connectivity index (χ2n) is 3.63. The monoisotopic (exact) mass is 241 g/mol. The van der Waals surface area contributed by atoms with Crippen LogP contribution in [0.4, 0.5) is 0 Å². The van der Waals surface area contributed by atoms with E-state index in [1.54, 1.807) is 13.4 Å². The molecule has 0 aromatic carbocycles. The smallest absolute Gasteiger partial charge is 0.221 e. The first-order valence-corrected chi connectivity index (χ1v) is 5.53. The third-order valence-electron chi connectivity index (χ3n) is 2.25. The van der Waals surface area contributed by atoms with E-state index in [1.807, 2.05) is 11.6 Å². The van der Waals surface area contributed by atoms with Gasteiger partial charge in [-0.15, -0.1) is 10.2 Å². The molecule has 7 heteroatoms. The zero-order valence-electron chi connectivity index (χ0n) is 10.3. The molecule has 96 valence electrons. The van der Waals surface area contributed by atoms with Crippen molar-refractivity contribution in [2.75, 3.05) is 26.8 Å². The first-order chi connectivity index (χ1) is 8.24. The number of rotatable bonds is 8. The summed E-state index contributed by atoms with van der Waals surface area (Å²) < 4.78 is 6.67. The van der Waals surface area contributed by atoms with Gasteiger partial charge in [-0.3, -0.25) is 4.79 Å². The number of hydrogen-bond acceptors (Lipinski definition) is 5. The van der Waals surface area contributed by atoms with Crippen molar-refractivity contribution < 1.29 is 9.53 Å². The first kappa shape index (κ1) is 13.6. The van der Waals surface area contributed by atoms with Gasteiger partial charge in [-0.05, 0) is 0 Å². The molecule has 1 rings (SSSR count). The highest BCUT2D eigenvalue weighted by Gasteiger charge is 2.02. The van der Waals surface area contributed by atoms with Crippen molar-refractivity contribution in [3.63, 3.8) is 0 Å². The third kappa shape index (κ3) is 5.41. The molecule has 2 N–H and O–H groups in total. The maximum absolute atomic E-state index is 11.3. The van der Waals surface area contributed by atoms with Gasteiger partial charge in [0.05, 0.1) is 13.2 Å². The summed E-state index contributed by atoms with van der Waals surface area (Å²) >= 11 is 0. The molecule has 7 nitrogen and oxygen atoms in total. The fraction of sp³-hybridized carbons (Fsp3) is 0.700. The van der Waals surface area contributed by atoms with Crippen molar-refractivity contribution in [3.8, 4) is 0 Å². The lowest BCUT2D eigenvalue weighted by Crippen LogP contribution is -2.30. The van der Waals surface area contributed by atoms with E-state index in [4.69, 9.17) is 4.74 Å². The molecule has 1 heterocycles. The Balaban J connectivity index is 2.04. The van der Waals surface area contributed by atoms with Gasteiger partial charge in [-0.25, -0.2) is 0 Å². The van der Waals surface area contributed by atoms with E-state index in [9.17, 15) is 4.79 Å². The Morgan fingerprint density at radius 1 is 1.53 bits per heavy atom. The van der Waals surface area contributed by atoms with E-state index < -0.39 is 0 Å². The van der Waals surface area contributed by atoms with Crippen molar-refractivity contribution >= 4 is 5.91 Å². The van der Waals surface area contributed by atoms with Gasteiger partial charge < -0.3 is 19.9 Å². The van der Waals surface area contributed by atoms with Crippen molar-refractivity contribution in [1.29, 1.82) is 0 Å². The molecule has 1 aromatic rings. The van der Waals surface area contributed by atoms with Gasteiger partial charge in [0, 0.05) is 33.7 Å². The fourth-order valence-corrected chi connectivity index (χ4v) is 1.25.